The summed E-state index contributed by atoms with van der Waals surface area (Å²) in [6, 6.07) is 14.6. The third-order valence-corrected chi connectivity index (χ3v) is 2.59. The molecule has 0 fully saturated rings. The molecule has 3 nitrogen and oxygen atoms in total. The van der Waals surface area contributed by atoms with Crippen LogP contribution in [0.1, 0.15) is 17.3 Å². The van der Waals surface area contributed by atoms with Crippen molar-refractivity contribution < 1.29 is 0 Å². The quantitative estimate of drug-likeness (QED) is 0.844. The van der Waals surface area contributed by atoms with E-state index in [0.29, 0.717) is 0 Å². The van der Waals surface area contributed by atoms with Crippen LogP contribution in [0.5, 0.6) is 0 Å². The Bertz CT molecular complexity index is 414. The molecule has 1 aromatic heterocycles. The average Bonchev–Trinajstić information content (AvgIpc) is 2.38. The molecule has 0 amide bonds. The Hall–Kier alpha value is -1.74. The summed E-state index contributed by atoms with van der Waals surface area (Å²) in [5.41, 5.74) is 2.28. The molecule has 16 heavy (non-hydrogen) atoms. The Morgan fingerprint density at radius 1 is 1.12 bits per heavy atom. The van der Waals surface area contributed by atoms with Crippen molar-refractivity contribution in [2.45, 2.75) is 12.5 Å². The lowest BCUT2D eigenvalue weighted by atomic mass is 10.0. The Kier molecular flexibility index (Phi) is 3.62. The van der Waals surface area contributed by atoms with Crippen molar-refractivity contribution in [1.82, 2.24) is 15.5 Å². The summed E-state index contributed by atoms with van der Waals surface area (Å²) < 4.78 is 0. The summed E-state index contributed by atoms with van der Waals surface area (Å²) in [7, 11) is 1.97. The second-order valence-electron chi connectivity index (χ2n) is 3.67. The molecule has 2 aromatic rings. The largest absolute Gasteiger partial charge is 0.313 e. The average molecular weight is 213 g/mol. The first-order chi connectivity index (χ1) is 7.90. The van der Waals surface area contributed by atoms with E-state index in [4.69, 9.17) is 0 Å². The van der Waals surface area contributed by atoms with Crippen molar-refractivity contribution >= 4 is 0 Å². The molecule has 3 heteroatoms. The highest BCUT2D eigenvalue weighted by Crippen LogP contribution is 2.15. The molecular formula is C13H15N3. The molecule has 1 heterocycles. The standard InChI is InChI=1S/C13H15N3/c1-14-13(11-6-3-2-4-7-11)10-12-8-5-9-15-16-12/h2-9,13-14H,10H2,1H3. The van der Waals surface area contributed by atoms with E-state index in [9.17, 15) is 0 Å². The van der Waals surface area contributed by atoms with Gasteiger partial charge < -0.3 is 5.32 Å². The van der Waals surface area contributed by atoms with Crippen molar-refractivity contribution in [2.24, 2.45) is 0 Å². The zero-order chi connectivity index (χ0) is 11.2. The predicted octanol–water partition coefficient (Wildman–Crippen LogP) is 1.98. The molecule has 0 aliphatic rings. The van der Waals surface area contributed by atoms with Crippen molar-refractivity contribution in [3.63, 3.8) is 0 Å². The van der Waals surface area contributed by atoms with Crippen molar-refractivity contribution in [3.05, 3.63) is 59.9 Å². The molecule has 82 valence electrons. The highest BCUT2D eigenvalue weighted by Gasteiger charge is 2.09. The first-order valence-corrected chi connectivity index (χ1v) is 5.39. The molecule has 1 N–H and O–H groups in total. The zero-order valence-electron chi connectivity index (χ0n) is 9.30. The van der Waals surface area contributed by atoms with Gasteiger partial charge >= 0.3 is 0 Å². The van der Waals surface area contributed by atoms with Crippen LogP contribution < -0.4 is 5.32 Å². The van der Waals surface area contributed by atoms with Crippen molar-refractivity contribution in [2.75, 3.05) is 7.05 Å². The van der Waals surface area contributed by atoms with Crippen LogP contribution in [-0.4, -0.2) is 17.2 Å². The van der Waals surface area contributed by atoms with E-state index in [0.717, 1.165) is 12.1 Å². The molecule has 0 aliphatic carbocycles. The molecule has 0 aliphatic heterocycles. The number of rotatable bonds is 4. The van der Waals surface area contributed by atoms with Crippen LogP contribution in [0.15, 0.2) is 48.7 Å². The van der Waals surface area contributed by atoms with Crippen LogP contribution in [0.25, 0.3) is 0 Å². The van der Waals surface area contributed by atoms with E-state index < -0.39 is 0 Å². The Balaban J connectivity index is 2.13. The topological polar surface area (TPSA) is 37.8 Å². The number of hydrogen-bond donors (Lipinski definition) is 1. The summed E-state index contributed by atoms with van der Waals surface area (Å²) in [6.07, 6.45) is 2.55. The predicted molar refractivity (Wildman–Crippen MR) is 64.0 cm³/mol. The molecule has 0 saturated heterocycles. The summed E-state index contributed by atoms with van der Waals surface area (Å²) in [5.74, 6) is 0. The van der Waals surface area contributed by atoms with E-state index in [1.165, 1.54) is 5.56 Å². The van der Waals surface area contributed by atoms with Gasteiger partial charge in [-0.05, 0) is 24.7 Å². The summed E-state index contributed by atoms with van der Waals surface area (Å²) in [4.78, 5) is 0. The van der Waals surface area contributed by atoms with Gasteiger partial charge in [0, 0.05) is 18.7 Å². The molecule has 1 unspecified atom stereocenters. The Labute approximate surface area is 95.5 Å². The molecular weight excluding hydrogens is 198 g/mol. The third-order valence-electron chi connectivity index (χ3n) is 2.59. The van der Waals surface area contributed by atoms with Gasteiger partial charge in [-0.1, -0.05) is 30.3 Å². The maximum Gasteiger partial charge on any atom is 0.0650 e. The minimum absolute atomic E-state index is 0.290. The number of benzene rings is 1. The lowest BCUT2D eigenvalue weighted by Crippen LogP contribution is -2.19. The van der Waals surface area contributed by atoms with Gasteiger partial charge in [0.25, 0.3) is 0 Å². The highest BCUT2D eigenvalue weighted by molar-refractivity contribution is 5.20. The Morgan fingerprint density at radius 2 is 1.94 bits per heavy atom. The fourth-order valence-electron chi connectivity index (χ4n) is 1.72. The van der Waals surface area contributed by atoms with Crippen LogP contribution in [-0.2, 0) is 6.42 Å². The maximum atomic E-state index is 4.10. The van der Waals surface area contributed by atoms with Gasteiger partial charge in [-0.25, -0.2) is 0 Å². The van der Waals surface area contributed by atoms with E-state index in [1.807, 2.05) is 25.2 Å². The van der Waals surface area contributed by atoms with E-state index in [1.54, 1.807) is 6.20 Å². The van der Waals surface area contributed by atoms with Crippen LogP contribution in [0.3, 0.4) is 0 Å². The SMILES string of the molecule is CNC(Cc1cccnn1)c1ccccc1. The fraction of sp³-hybridized carbons (Fsp3) is 0.231. The number of likely N-dealkylation sites (N-methyl/N-ethyl adjacent to an activating group) is 1. The molecule has 0 radical (unpaired) electrons. The van der Waals surface area contributed by atoms with Crippen molar-refractivity contribution in [1.29, 1.82) is 0 Å². The second-order valence-corrected chi connectivity index (χ2v) is 3.67. The molecule has 1 atom stereocenters. The first-order valence-electron chi connectivity index (χ1n) is 5.39. The lowest BCUT2D eigenvalue weighted by molar-refractivity contribution is 0.580. The van der Waals surface area contributed by atoms with Gasteiger partial charge in [0.2, 0.25) is 0 Å². The van der Waals surface area contributed by atoms with Gasteiger partial charge in [-0.2, -0.15) is 10.2 Å². The van der Waals surface area contributed by atoms with Crippen LogP contribution in [0.4, 0.5) is 0 Å². The van der Waals surface area contributed by atoms with Gasteiger partial charge in [-0.15, -0.1) is 0 Å². The monoisotopic (exact) mass is 213 g/mol. The summed E-state index contributed by atoms with van der Waals surface area (Å²) in [5, 5.41) is 11.3. The van der Waals surface area contributed by atoms with Crippen LogP contribution >= 0.6 is 0 Å². The van der Waals surface area contributed by atoms with Gasteiger partial charge in [-0.3, -0.25) is 0 Å². The first kappa shape index (κ1) is 10.8. The minimum atomic E-state index is 0.290. The summed E-state index contributed by atoms with van der Waals surface area (Å²) >= 11 is 0. The van der Waals surface area contributed by atoms with Gasteiger partial charge in [0.05, 0.1) is 5.69 Å². The lowest BCUT2D eigenvalue weighted by Gasteiger charge is -2.15. The molecule has 0 bridgehead atoms. The van der Waals surface area contributed by atoms with E-state index >= 15 is 0 Å². The zero-order valence-corrected chi connectivity index (χ0v) is 9.30. The molecule has 2 rings (SSSR count). The normalized spacial score (nSPS) is 12.3. The summed E-state index contributed by atoms with van der Waals surface area (Å²) in [6.45, 7) is 0. The van der Waals surface area contributed by atoms with Crippen LogP contribution in [0.2, 0.25) is 0 Å². The highest BCUT2D eigenvalue weighted by atomic mass is 15.1. The number of aromatic nitrogens is 2. The Morgan fingerprint density at radius 3 is 2.56 bits per heavy atom. The van der Waals surface area contributed by atoms with E-state index in [2.05, 4.69) is 39.8 Å². The maximum absolute atomic E-state index is 4.10. The number of hydrogen-bond acceptors (Lipinski definition) is 3. The molecule has 0 saturated carbocycles. The third kappa shape index (κ3) is 2.64. The number of nitrogens with zero attached hydrogens (tertiary/aromatic N) is 2. The fourth-order valence-corrected chi connectivity index (χ4v) is 1.72. The van der Waals surface area contributed by atoms with Gasteiger partial charge in [0.15, 0.2) is 0 Å². The van der Waals surface area contributed by atoms with E-state index in [-0.39, 0.29) is 6.04 Å². The van der Waals surface area contributed by atoms with Gasteiger partial charge in [0.1, 0.15) is 0 Å². The van der Waals surface area contributed by atoms with Crippen molar-refractivity contribution in [3.8, 4) is 0 Å². The van der Waals surface area contributed by atoms with Crippen LogP contribution in [0, 0.1) is 0 Å². The molecule has 0 spiro atoms. The molecule has 1 aromatic carbocycles. The second kappa shape index (κ2) is 5.37. The number of nitrogens with one attached hydrogen (secondary N) is 1. The minimum Gasteiger partial charge on any atom is -0.313 e. The smallest absolute Gasteiger partial charge is 0.0650 e.